The van der Waals surface area contributed by atoms with Crippen molar-refractivity contribution in [3.8, 4) is 11.5 Å². The third-order valence-corrected chi connectivity index (χ3v) is 16.7. The number of epoxide rings is 1. The van der Waals surface area contributed by atoms with Crippen molar-refractivity contribution >= 4 is 33.6 Å². The molecule has 12 heteroatoms. The molecule has 2 atom stereocenters. The Morgan fingerprint density at radius 1 is 0.523 bits per heavy atom. The van der Waals surface area contributed by atoms with E-state index in [1.165, 1.54) is 22.3 Å². The van der Waals surface area contributed by atoms with Crippen LogP contribution in [-0.2, 0) is 40.0 Å². The SMILES string of the molecule is O=C(NC1CCN(C[C@H](O)COc2cccc3ncccc23)CC1)C(CCCc1ccccc1)CCCc1ccccc1.O=C(NC1CCNCC1)C(CCCc1ccccc1)CCCc1ccccc1.c1cc(OC[C@H]2CO2)c2cccnc2c1. The average molecular weight is 1160 g/mol. The van der Waals surface area contributed by atoms with E-state index in [0.29, 0.717) is 19.2 Å². The summed E-state index contributed by atoms with van der Waals surface area (Å²) in [7, 11) is 0. The van der Waals surface area contributed by atoms with Gasteiger partial charge in [0.25, 0.3) is 0 Å². The second-order valence-corrected chi connectivity index (χ2v) is 23.4. The molecular weight excluding hydrogens is 1070 g/mol. The highest BCUT2D eigenvalue weighted by Gasteiger charge is 2.27. The first-order valence-electron chi connectivity index (χ1n) is 31.8. The number of nitrogens with zero attached hydrogens (tertiary/aromatic N) is 3. The number of fused-ring (bicyclic) bond motifs is 2. The Kier molecular flexibility index (Phi) is 25.8. The molecule has 0 aliphatic carbocycles. The maximum Gasteiger partial charge on any atom is 0.223 e. The quantitative estimate of drug-likeness (QED) is 0.0349. The minimum atomic E-state index is -0.586. The predicted molar refractivity (Wildman–Crippen MR) is 346 cm³/mol. The summed E-state index contributed by atoms with van der Waals surface area (Å²) in [6, 6.07) is 62.4. The first kappa shape index (κ1) is 63.0. The molecular formula is C74H90N6O6. The number of amides is 2. The highest BCUT2D eigenvalue weighted by molar-refractivity contribution is 5.85. The Labute approximate surface area is 510 Å². The highest BCUT2D eigenvalue weighted by Crippen LogP contribution is 2.27. The van der Waals surface area contributed by atoms with Gasteiger partial charge in [-0.05, 0) is 187 Å². The molecule has 2 amide bonds. The molecule has 452 valence electrons. The largest absolute Gasteiger partial charge is 0.490 e. The Balaban J connectivity index is 0.000000174. The molecule has 86 heavy (non-hydrogen) atoms. The van der Waals surface area contributed by atoms with Crippen molar-refractivity contribution in [2.45, 2.75) is 127 Å². The molecule has 0 radical (unpaired) electrons. The van der Waals surface area contributed by atoms with Crippen LogP contribution in [0.15, 0.2) is 194 Å². The monoisotopic (exact) mass is 1160 g/mol. The number of aliphatic hydroxyl groups is 1. The van der Waals surface area contributed by atoms with Crippen molar-refractivity contribution in [1.29, 1.82) is 0 Å². The normalized spacial score (nSPS) is 15.7. The van der Waals surface area contributed by atoms with Gasteiger partial charge in [0, 0.05) is 66.7 Å². The van der Waals surface area contributed by atoms with Crippen LogP contribution in [0.4, 0.5) is 0 Å². The summed E-state index contributed by atoms with van der Waals surface area (Å²) in [4.78, 5) is 37.4. The lowest BCUT2D eigenvalue weighted by molar-refractivity contribution is -0.127. The van der Waals surface area contributed by atoms with Gasteiger partial charge in [0.2, 0.25) is 11.8 Å². The number of piperidine rings is 2. The molecule has 6 aromatic carbocycles. The number of rotatable bonds is 28. The molecule has 3 saturated heterocycles. The fraction of sp³-hybridized carbons (Fsp3) is 0.405. The van der Waals surface area contributed by atoms with E-state index in [4.69, 9.17) is 14.2 Å². The van der Waals surface area contributed by atoms with Gasteiger partial charge in [0.1, 0.15) is 36.9 Å². The number of hydrogen-bond donors (Lipinski definition) is 4. The van der Waals surface area contributed by atoms with E-state index < -0.39 is 6.10 Å². The number of hydrogen-bond acceptors (Lipinski definition) is 10. The van der Waals surface area contributed by atoms with Crippen molar-refractivity contribution in [1.82, 2.24) is 30.8 Å². The third kappa shape index (κ3) is 21.8. The van der Waals surface area contributed by atoms with Gasteiger partial charge in [-0.1, -0.05) is 133 Å². The summed E-state index contributed by atoms with van der Waals surface area (Å²) in [5, 5.41) is 22.8. The summed E-state index contributed by atoms with van der Waals surface area (Å²) in [6.45, 7) is 5.98. The van der Waals surface area contributed by atoms with Crippen molar-refractivity contribution in [3.05, 3.63) is 217 Å². The van der Waals surface area contributed by atoms with Crippen LogP contribution in [0.1, 0.15) is 99.3 Å². The van der Waals surface area contributed by atoms with Crippen LogP contribution < -0.4 is 25.4 Å². The molecule has 3 aliphatic heterocycles. The highest BCUT2D eigenvalue weighted by atomic mass is 16.6. The second kappa shape index (κ2) is 35.2. The molecule has 5 heterocycles. The lowest BCUT2D eigenvalue weighted by Crippen LogP contribution is -2.48. The van der Waals surface area contributed by atoms with E-state index >= 15 is 0 Å². The van der Waals surface area contributed by atoms with Gasteiger partial charge in [-0.25, -0.2) is 0 Å². The van der Waals surface area contributed by atoms with Crippen LogP contribution in [0.25, 0.3) is 21.8 Å². The zero-order chi connectivity index (χ0) is 59.2. The zero-order valence-electron chi connectivity index (χ0n) is 50.2. The molecule has 3 aliphatic rings. The van der Waals surface area contributed by atoms with Gasteiger partial charge in [-0.2, -0.15) is 0 Å². The third-order valence-electron chi connectivity index (χ3n) is 16.7. The first-order chi connectivity index (χ1) is 42.4. The van der Waals surface area contributed by atoms with Gasteiger partial charge in [-0.15, -0.1) is 0 Å². The van der Waals surface area contributed by atoms with Crippen LogP contribution in [0.3, 0.4) is 0 Å². The number of β-amino-alcohol motifs (C(OH)–C–C–N with tert-alkyl or cyclic N) is 1. The number of pyridine rings is 2. The molecule has 4 N–H and O–H groups in total. The molecule has 0 bridgehead atoms. The van der Waals surface area contributed by atoms with Gasteiger partial charge in [0.15, 0.2) is 0 Å². The Hall–Kier alpha value is -7.48. The number of aryl methyl sites for hydroxylation is 4. The van der Waals surface area contributed by atoms with Gasteiger partial charge < -0.3 is 40.2 Å². The van der Waals surface area contributed by atoms with Crippen LogP contribution in [0.5, 0.6) is 11.5 Å². The molecule has 8 aromatic rings. The molecule has 0 unspecified atom stereocenters. The predicted octanol–water partition coefficient (Wildman–Crippen LogP) is 12.7. The standard InChI is InChI=1S/C37H45N3O3.C25H34N2O.C12H11NO2/c41-33(28-43-36-21-9-20-35-34(36)19-10-24-38-35)27-40-25-22-32(23-26-40)39-37(42)31(17-7-15-29-11-3-1-4-12-29)18-8-16-30-13-5-2-6-14-30;28-25(27-24-17-19-26-20-18-24)23(15-7-13-21-9-3-1-4-10-21)16-8-14-22-11-5-2-6-12-22;1-4-11-10(3-2-6-13-11)12(5-1)15-8-9-7-14-9/h1-6,9-14,19-21,24,31-33,41H,7-8,15-18,22-23,25-28H2,(H,39,42);1-6,9-12,23-24,26H,7-8,13-20H2,(H,27,28);1-6,9H,7-8H2/t33-;;9-/m0.1/s1. The number of ether oxygens (including phenoxy) is 3. The van der Waals surface area contributed by atoms with E-state index in [1.807, 2.05) is 72.8 Å². The maximum atomic E-state index is 13.5. The number of likely N-dealkylation sites (tertiary alicyclic amines) is 1. The summed E-state index contributed by atoms with van der Waals surface area (Å²) in [5.74, 6) is 2.27. The molecule has 2 aromatic heterocycles. The number of nitrogens with one attached hydrogen (secondary N) is 3. The number of aromatic nitrogens is 2. The molecule has 3 fully saturated rings. The minimum Gasteiger partial charge on any atom is -0.490 e. The fourth-order valence-corrected chi connectivity index (χ4v) is 11.8. The van der Waals surface area contributed by atoms with Gasteiger partial charge in [0.05, 0.1) is 17.6 Å². The molecule has 0 spiro atoms. The molecule has 0 saturated carbocycles. The lowest BCUT2D eigenvalue weighted by Gasteiger charge is -2.34. The van der Waals surface area contributed by atoms with Crippen LogP contribution >= 0.6 is 0 Å². The summed E-state index contributed by atoms with van der Waals surface area (Å²) >= 11 is 0. The van der Waals surface area contributed by atoms with Gasteiger partial charge >= 0.3 is 0 Å². The number of carbonyl (C=O) groups excluding carboxylic acids is 2. The second-order valence-electron chi connectivity index (χ2n) is 23.4. The van der Waals surface area contributed by atoms with E-state index in [9.17, 15) is 14.7 Å². The van der Waals surface area contributed by atoms with Crippen LogP contribution in [-0.4, -0.2) is 109 Å². The van der Waals surface area contributed by atoms with Crippen molar-refractivity contribution < 1.29 is 28.9 Å². The Bertz CT molecular complexity index is 3090. The van der Waals surface area contributed by atoms with E-state index in [-0.39, 0.29) is 42.4 Å². The average Bonchev–Trinajstić information content (AvgIpc) is 4.23. The maximum absolute atomic E-state index is 13.5. The summed E-state index contributed by atoms with van der Waals surface area (Å²) < 4.78 is 16.7. The Morgan fingerprint density at radius 2 is 0.930 bits per heavy atom. The van der Waals surface area contributed by atoms with Crippen LogP contribution in [0.2, 0.25) is 0 Å². The number of benzene rings is 6. The topological polar surface area (TPSA) is 150 Å². The zero-order valence-corrected chi connectivity index (χ0v) is 50.2. The fourth-order valence-electron chi connectivity index (χ4n) is 11.8. The van der Waals surface area contributed by atoms with Crippen LogP contribution in [0, 0.1) is 11.8 Å². The summed E-state index contributed by atoms with van der Waals surface area (Å²) in [6.07, 6.45) is 19.2. The minimum absolute atomic E-state index is 0.0358. The number of carbonyl (C=O) groups is 2. The van der Waals surface area contributed by atoms with Gasteiger partial charge in [-0.3, -0.25) is 19.6 Å². The van der Waals surface area contributed by atoms with E-state index in [0.717, 1.165) is 169 Å². The van der Waals surface area contributed by atoms with E-state index in [1.54, 1.807) is 12.4 Å². The Morgan fingerprint density at radius 3 is 1.35 bits per heavy atom. The first-order valence-corrected chi connectivity index (χ1v) is 31.8. The molecule has 12 nitrogen and oxygen atoms in total. The van der Waals surface area contributed by atoms with E-state index in [2.05, 4.69) is 140 Å². The summed E-state index contributed by atoms with van der Waals surface area (Å²) in [5.41, 5.74) is 7.24. The molecule has 11 rings (SSSR count). The van der Waals surface area contributed by atoms with Crippen molar-refractivity contribution in [2.24, 2.45) is 11.8 Å². The number of aliphatic hydroxyl groups excluding tert-OH is 1. The van der Waals surface area contributed by atoms with Crippen molar-refractivity contribution in [3.63, 3.8) is 0 Å². The lowest BCUT2D eigenvalue weighted by atomic mass is 9.92. The smallest absolute Gasteiger partial charge is 0.223 e. The van der Waals surface area contributed by atoms with Crippen molar-refractivity contribution in [2.75, 3.05) is 52.5 Å².